The maximum absolute atomic E-state index is 12.7. The lowest BCUT2D eigenvalue weighted by Gasteiger charge is -2.33. The molecule has 27 heavy (non-hydrogen) atoms. The molecule has 1 aliphatic heterocycles. The second kappa shape index (κ2) is 8.57. The van der Waals surface area contributed by atoms with Crippen molar-refractivity contribution in [3.8, 4) is 5.75 Å². The van der Waals surface area contributed by atoms with Crippen LogP contribution in [0.25, 0.3) is 0 Å². The molecule has 1 atom stereocenters. The molecule has 142 valence electrons. The molecular formula is C21H23BrN2O3. The van der Waals surface area contributed by atoms with Gasteiger partial charge in [-0.2, -0.15) is 0 Å². The molecule has 1 heterocycles. The molecule has 5 nitrogen and oxygen atoms in total. The van der Waals surface area contributed by atoms with E-state index in [-0.39, 0.29) is 30.8 Å². The van der Waals surface area contributed by atoms with Crippen LogP contribution in [-0.4, -0.2) is 24.5 Å². The van der Waals surface area contributed by atoms with Gasteiger partial charge in [-0.15, -0.1) is 0 Å². The predicted molar refractivity (Wildman–Crippen MR) is 109 cm³/mol. The molecule has 2 aromatic rings. The van der Waals surface area contributed by atoms with Crippen molar-refractivity contribution in [3.05, 3.63) is 58.1 Å². The molecule has 1 unspecified atom stereocenters. The lowest BCUT2D eigenvalue weighted by Crippen LogP contribution is -2.42. The van der Waals surface area contributed by atoms with Gasteiger partial charge in [0.15, 0.2) is 0 Å². The van der Waals surface area contributed by atoms with E-state index in [1.165, 1.54) is 0 Å². The van der Waals surface area contributed by atoms with Crippen molar-refractivity contribution in [1.29, 1.82) is 0 Å². The van der Waals surface area contributed by atoms with E-state index in [1.54, 1.807) is 4.90 Å². The second-order valence-electron chi connectivity index (χ2n) is 6.77. The van der Waals surface area contributed by atoms with Crippen LogP contribution in [0.2, 0.25) is 0 Å². The first-order valence-corrected chi connectivity index (χ1v) is 9.81. The number of ether oxygens (including phenoxy) is 1. The maximum Gasteiger partial charge on any atom is 0.227 e. The molecule has 0 aliphatic carbocycles. The Labute approximate surface area is 167 Å². The molecule has 0 radical (unpaired) electrons. The monoisotopic (exact) mass is 430 g/mol. The minimum Gasteiger partial charge on any atom is -0.487 e. The Morgan fingerprint density at radius 3 is 2.78 bits per heavy atom. The standard InChI is InChI=1S/C21H23BrN2O3/c1-14-7-8-19-18(11-14)24(13-15(2)27-19)21(26)10-9-20(25)23-12-16-5-3-4-6-17(16)22/h3-8,11,15H,9-10,12-13H2,1-2H3,(H,23,25). The number of benzene rings is 2. The summed E-state index contributed by atoms with van der Waals surface area (Å²) in [6.45, 7) is 4.85. The molecule has 0 fully saturated rings. The minimum absolute atomic E-state index is 0.0620. The smallest absolute Gasteiger partial charge is 0.227 e. The highest BCUT2D eigenvalue weighted by Gasteiger charge is 2.27. The van der Waals surface area contributed by atoms with E-state index in [0.717, 1.165) is 21.3 Å². The third kappa shape index (κ3) is 4.89. The van der Waals surface area contributed by atoms with Crippen LogP contribution in [0.3, 0.4) is 0 Å². The maximum atomic E-state index is 12.7. The van der Waals surface area contributed by atoms with Gasteiger partial charge in [-0.25, -0.2) is 0 Å². The summed E-state index contributed by atoms with van der Waals surface area (Å²) in [5, 5.41) is 2.87. The average Bonchev–Trinajstić information content (AvgIpc) is 2.65. The predicted octanol–water partition coefficient (Wildman–Crippen LogP) is 3.97. The average molecular weight is 431 g/mol. The van der Waals surface area contributed by atoms with Gasteiger partial charge in [0.25, 0.3) is 0 Å². The summed E-state index contributed by atoms with van der Waals surface area (Å²) in [4.78, 5) is 26.6. The van der Waals surface area contributed by atoms with E-state index >= 15 is 0 Å². The van der Waals surface area contributed by atoms with E-state index in [9.17, 15) is 9.59 Å². The van der Waals surface area contributed by atoms with Crippen LogP contribution in [0, 0.1) is 6.92 Å². The van der Waals surface area contributed by atoms with Crippen molar-refractivity contribution in [2.75, 3.05) is 11.4 Å². The fourth-order valence-electron chi connectivity index (χ4n) is 3.06. The van der Waals surface area contributed by atoms with Gasteiger partial charge in [0, 0.05) is 23.9 Å². The SMILES string of the molecule is Cc1ccc2c(c1)N(C(=O)CCC(=O)NCc1ccccc1Br)CC(C)O2. The molecule has 1 aliphatic rings. The lowest BCUT2D eigenvalue weighted by atomic mass is 10.1. The Morgan fingerprint density at radius 1 is 1.22 bits per heavy atom. The Bertz CT molecular complexity index is 853. The number of hydrogen-bond acceptors (Lipinski definition) is 3. The quantitative estimate of drug-likeness (QED) is 0.780. The molecule has 1 N–H and O–H groups in total. The van der Waals surface area contributed by atoms with E-state index in [2.05, 4.69) is 21.2 Å². The fourth-order valence-corrected chi connectivity index (χ4v) is 3.49. The molecule has 3 rings (SSSR count). The number of carbonyl (C=O) groups is 2. The molecular weight excluding hydrogens is 408 g/mol. The highest BCUT2D eigenvalue weighted by Crippen LogP contribution is 2.34. The van der Waals surface area contributed by atoms with Gasteiger partial charge >= 0.3 is 0 Å². The molecule has 0 bridgehead atoms. The summed E-state index contributed by atoms with van der Waals surface area (Å²) < 4.78 is 6.77. The Hall–Kier alpha value is -2.34. The van der Waals surface area contributed by atoms with Crippen molar-refractivity contribution in [3.63, 3.8) is 0 Å². The molecule has 0 aromatic heterocycles. The van der Waals surface area contributed by atoms with Crippen molar-refractivity contribution < 1.29 is 14.3 Å². The summed E-state index contributed by atoms with van der Waals surface area (Å²) in [7, 11) is 0. The third-order valence-electron chi connectivity index (χ3n) is 4.47. The molecule has 0 saturated carbocycles. The number of rotatable bonds is 5. The molecule has 2 aromatic carbocycles. The number of aryl methyl sites for hydroxylation is 1. The second-order valence-corrected chi connectivity index (χ2v) is 7.63. The first-order valence-electron chi connectivity index (χ1n) is 9.02. The van der Waals surface area contributed by atoms with Crippen LogP contribution in [-0.2, 0) is 16.1 Å². The number of carbonyl (C=O) groups excluding carboxylic acids is 2. The first kappa shape index (κ1) is 19.4. The lowest BCUT2D eigenvalue weighted by molar-refractivity contribution is -0.125. The van der Waals surface area contributed by atoms with E-state index in [0.29, 0.717) is 18.8 Å². The van der Waals surface area contributed by atoms with E-state index < -0.39 is 0 Å². The highest BCUT2D eigenvalue weighted by atomic mass is 79.9. The molecule has 2 amide bonds. The normalized spacial score (nSPS) is 15.7. The number of fused-ring (bicyclic) bond motifs is 1. The van der Waals surface area contributed by atoms with Crippen molar-refractivity contribution in [2.24, 2.45) is 0 Å². The van der Waals surface area contributed by atoms with E-state index in [4.69, 9.17) is 4.74 Å². The van der Waals surface area contributed by atoms with Gasteiger partial charge in [0.1, 0.15) is 11.9 Å². The molecule has 0 spiro atoms. The molecule has 6 heteroatoms. The minimum atomic E-state index is -0.134. The van der Waals surface area contributed by atoms with Crippen LogP contribution < -0.4 is 15.0 Å². The Kier molecular flexibility index (Phi) is 6.16. The topological polar surface area (TPSA) is 58.6 Å². The zero-order valence-electron chi connectivity index (χ0n) is 15.5. The number of amides is 2. The van der Waals surface area contributed by atoms with Crippen LogP contribution in [0.15, 0.2) is 46.9 Å². The summed E-state index contributed by atoms with van der Waals surface area (Å²) >= 11 is 3.46. The van der Waals surface area contributed by atoms with Gasteiger partial charge in [-0.05, 0) is 43.2 Å². The Morgan fingerprint density at radius 2 is 2.00 bits per heavy atom. The van der Waals surface area contributed by atoms with Crippen molar-refractivity contribution in [1.82, 2.24) is 5.32 Å². The zero-order chi connectivity index (χ0) is 19.4. The summed E-state index contributed by atoms with van der Waals surface area (Å²) in [5.41, 5.74) is 2.85. The summed E-state index contributed by atoms with van der Waals surface area (Å²) in [6.07, 6.45) is 0.256. The van der Waals surface area contributed by atoms with Gasteiger partial charge in [0.05, 0.1) is 12.2 Å². The highest BCUT2D eigenvalue weighted by molar-refractivity contribution is 9.10. The largest absolute Gasteiger partial charge is 0.487 e. The van der Waals surface area contributed by atoms with Gasteiger partial charge in [-0.1, -0.05) is 40.2 Å². The van der Waals surface area contributed by atoms with Gasteiger partial charge in [-0.3, -0.25) is 9.59 Å². The first-order chi connectivity index (χ1) is 12.9. The number of hydrogen-bond donors (Lipinski definition) is 1. The van der Waals surface area contributed by atoms with Gasteiger partial charge in [0.2, 0.25) is 11.8 Å². The van der Waals surface area contributed by atoms with E-state index in [1.807, 2.05) is 56.3 Å². The van der Waals surface area contributed by atoms with Crippen LogP contribution in [0.5, 0.6) is 5.75 Å². The summed E-state index contributed by atoms with van der Waals surface area (Å²) in [6, 6.07) is 13.5. The third-order valence-corrected chi connectivity index (χ3v) is 5.25. The van der Waals surface area contributed by atoms with Crippen LogP contribution in [0.4, 0.5) is 5.69 Å². The van der Waals surface area contributed by atoms with Crippen molar-refractivity contribution in [2.45, 2.75) is 39.3 Å². The zero-order valence-corrected chi connectivity index (χ0v) is 17.1. The molecule has 0 saturated heterocycles. The van der Waals surface area contributed by atoms with Crippen LogP contribution in [0.1, 0.15) is 30.9 Å². The number of nitrogens with one attached hydrogen (secondary N) is 1. The Balaban J connectivity index is 1.57. The number of anilines is 1. The van der Waals surface area contributed by atoms with Crippen LogP contribution >= 0.6 is 15.9 Å². The van der Waals surface area contributed by atoms with Crippen molar-refractivity contribution >= 4 is 33.4 Å². The summed E-state index contributed by atoms with van der Waals surface area (Å²) in [5.74, 6) is 0.518. The van der Waals surface area contributed by atoms with Gasteiger partial charge < -0.3 is 15.0 Å². The number of nitrogens with zero attached hydrogens (tertiary/aromatic N) is 1. The number of halogens is 1. The fraction of sp³-hybridized carbons (Fsp3) is 0.333.